The Labute approximate surface area is 192 Å². The van der Waals surface area contributed by atoms with Crippen LogP contribution >= 0.6 is 11.3 Å². The van der Waals surface area contributed by atoms with Gasteiger partial charge in [-0.15, -0.1) is 0 Å². The van der Waals surface area contributed by atoms with Crippen LogP contribution < -0.4 is 5.32 Å². The van der Waals surface area contributed by atoms with Crippen LogP contribution in [0.5, 0.6) is 0 Å². The monoisotopic (exact) mass is 449 g/mol. The van der Waals surface area contributed by atoms with Crippen LogP contribution in [0.15, 0.2) is 63.6 Å². The van der Waals surface area contributed by atoms with Gasteiger partial charge >= 0.3 is 0 Å². The van der Waals surface area contributed by atoms with Gasteiger partial charge in [0.05, 0.1) is 0 Å². The van der Waals surface area contributed by atoms with Gasteiger partial charge in [-0.25, -0.2) is 4.39 Å². The lowest BCUT2D eigenvalue weighted by atomic mass is 9.67. The maximum Gasteiger partial charge on any atom is 0.191 e. The van der Waals surface area contributed by atoms with Gasteiger partial charge in [0.25, 0.3) is 0 Å². The van der Waals surface area contributed by atoms with Crippen LogP contribution in [-0.4, -0.2) is 11.6 Å². The molecule has 5 rings (SSSR count). The number of carbonyl (C=O) groups excluding carboxylic acids is 2. The fourth-order valence-electron chi connectivity index (χ4n) is 5.63. The molecule has 1 atom stereocenters. The fraction of sp³-hybridized carbons (Fsp3) is 0.407. The highest BCUT2D eigenvalue weighted by Crippen LogP contribution is 2.49. The first kappa shape index (κ1) is 21.3. The molecule has 5 heteroatoms. The van der Waals surface area contributed by atoms with Gasteiger partial charge in [-0.05, 0) is 77.3 Å². The third-order valence-corrected chi connectivity index (χ3v) is 7.77. The Kier molecular flexibility index (Phi) is 5.40. The first-order valence-corrected chi connectivity index (χ1v) is 12.4. The van der Waals surface area contributed by atoms with Gasteiger partial charge in [-0.3, -0.25) is 9.59 Å². The van der Waals surface area contributed by atoms with Crippen molar-refractivity contribution in [2.24, 2.45) is 11.3 Å². The summed E-state index contributed by atoms with van der Waals surface area (Å²) in [4.78, 5) is 27.4. The van der Waals surface area contributed by atoms with Crippen molar-refractivity contribution in [2.45, 2.75) is 58.3 Å². The van der Waals surface area contributed by atoms with E-state index in [1.165, 1.54) is 12.1 Å². The van der Waals surface area contributed by atoms with E-state index >= 15 is 0 Å². The number of nitrogens with one attached hydrogen (secondary N) is 1. The number of allylic oxidation sites excluding steroid dienone is 4. The Bertz CT molecular complexity index is 1120. The lowest BCUT2D eigenvalue weighted by Crippen LogP contribution is -2.40. The largest absolute Gasteiger partial charge is 0.361 e. The van der Waals surface area contributed by atoms with E-state index in [0.29, 0.717) is 17.6 Å². The predicted octanol–water partition coefficient (Wildman–Crippen LogP) is 6.54. The number of dihydropyridines is 1. The Morgan fingerprint density at radius 3 is 2.47 bits per heavy atom. The highest BCUT2D eigenvalue weighted by atomic mass is 32.1. The third-order valence-electron chi connectivity index (χ3n) is 7.06. The van der Waals surface area contributed by atoms with Crippen LogP contribution in [-0.2, 0) is 4.79 Å². The van der Waals surface area contributed by atoms with Gasteiger partial charge in [-0.2, -0.15) is 11.3 Å². The summed E-state index contributed by atoms with van der Waals surface area (Å²) in [6, 6.07) is 7.80. The van der Waals surface area contributed by atoms with Gasteiger partial charge < -0.3 is 5.32 Å². The second-order valence-corrected chi connectivity index (χ2v) is 10.9. The van der Waals surface area contributed by atoms with E-state index in [9.17, 15) is 14.0 Å². The number of thiophene rings is 1. The van der Waals surface area contributed by atoms with E-state index in [1.807, 2.05) is 11.4 Å². The third kappa shape index (κ3) is 3.77. The summed E-state index contributed by atoms with van der Waals surface area (Å²) in [7, 11) is 0. The lowest BCUT2D eigenvalue weighted by molar-refractivity contribution is -0.118. The molecular formula is C27H28FNO2S. The van der Waals surface area contributed by atoms with Gasteiger partial charge in [-0.1, -0.05) is 26.7 Å². The van der Waals surface area contributed by atoms with Gasteiger partial charge in [0.2, 0.25) is 0 Å². The quantitative estimate of drug-likeness (QED) is 0.539. The minimum atomic E-state index is -0.366. The van der Waals surface area contributed by atoms with Crippen LogP contribution in [0.3, 0.4) is 0 Å². The van der Waals surface area contributed by atoms with E-state index in [4.69, 9.17) is 0 Å². The maximum atomic E-state index is 13.9. The van der Waals surface area contributed by atoms with E-state index in [1.54, 1.807) is 23.5 Å². The fourth-order valence-corrected chi connectivity index (χ4v) is 6.32. The highest BCUT2D eigenvalue weighted by Gasteiger charge is 2.44. The Balaban J connectivity index is 1.71. The van der Waals surface area contributed by atoms with E-state index in [-0.39, 0.29) is 34.6 Å². The highest BCUT2D eigenvalue weighted by molar-refractivity contribution is 7.08. The molecule has 166 valence electrons. The summed E-state index contributed by atoms with van der Waals surface area (Å²) in [6.07, 6.45) is 5.65. The van der Waals surface area contributed by atoms with Crippen LogP contribution in [0.25, 0.3) is 0 Å². The molecule has 0 bridgehead atoms. The van der Waals surface area contributed by atoms with Gasteiger partial charge in [0, 0.05) is 40.4 Å². The summed E-state index contributed by atoms with van der Waals surface area (Å²) in [5.41, 5.74) is 4.74. The number of Topliss-reactive ketones (excluding diaryl/α,β-unsaturated/α-hetero) is 2. The molecule has 0 spiro atoms. The molecule has 0 radical (unpaired) electrons. The predicted molar refractivity (Wildman–Crippen MR) is 125 cm³/mol. The average molecular weight is 450 g/mol. The van der Waals surface area contributed by atoms with Crippen molar-refractivity contribution in [3.05, 3.63) is 80.6 Å². The smallest absolute Gasteiger partial charge is 0.191 e. The summed E-state index contributed by atoms with van der Waals surface area (Å²) in [5, 5.41) is 7.69. The van der Waals surface area contributed by atoms with Gasteiger partial charge in [0.1, 0.15) is 5.82 Å². The summed E-state index contributed by atoms with van der Waals surface area (Å²) in [6.45, 7) is 4.27. The second-order valence-electron chi connectivity index (χ2n) is 10.1. The molecule has 2 heterocycles. The Hall–Kier alpha value is -2.53. The van der Waals surface area contributed by atoms with Crippen molar-refractivity contribution in [3.63, 3.8) is 0 Å². The molecule has 2 aromatic rings. The minimum Gasteiger partial charge on any atom is -0.361 e. The van der Waals surface area contributed by atoms with Crippen molar-refractivity contribution in [3.8, 4) is 0 Å². The average Bonchev–Trinajstić information content (AvgIpc) is 3.46. The van der Waals surface area contributed by atoms with Crippen molar-refractivity contribution >= 4 is 22.9 Å². The maximum absolute atomic E-state index is 13.9. The molecule has 0 saturated heterocycles. The molecule has 3 nitrogen and oxygen atoms in total. The van der Waals surface area contributed by atoms with Crippen LogP contribution in [0, 0.1) is 17.2 Å². The normalized spacial score (nSPS) is 23.3. The van der Waals surface area contributed by atoms with Crippen LogP contribution in [0.4, 0.5) is 4.39 Å². The standard InChI is InChI=1S/C27H28FNO2S/c1-27(2)13-20-23(21(30)14-27)22(18-11-12-32-15-18)24(25(29-20)16-5-3-4-6-16)26(31)17-7-9-19(28)10-8-17/h7-12,15-16,22,29H,3-6,13-14H2,1-2H3. The van der Waals surface area contributed by atoms with Crippen molar-refractivity contribution in [2.75, 3.05) is 0 Å². The number of hydrogen-bond acceptors (Lipinski definition) is 4. The first-order valence-electron chi connectivity index (χ1n) is 11.4. The molecule has 3 aliphatic rings. The second kappa shape index (κ2) is 8.11. The number of benzene rings is 1. The lowest BCUT2D eigenvalue weighted by Gasteiger charge is -2.41. The number of carbonyl (C=O) groups is 2. The molecule has 1 unspecified atom stereocenters. The molecule has 1 aliphatic heterocycles. The van der Waals surface area contributed by atoms with E-state index in [0.717, 1.165) is 54.6 Å². The van der Waals surface area contributed by atoms with Crippen LogP contribution in [0.1, 0.15) is 74.2 Å². The summed E-state index contributed by atoms with van der Waals surface area (Å²) < 4.78 is 13.6. The number of halogens is 1. The molecule has 1 saturated carbocycles. The Morgan fingerprint density at radius 2 is 1.81 bits per heavy atom. The molecule has 0 amide bonds. The molecule has 1 N–H and O–H groups in total. The zero-order valence-electron chi connectivity index (χ0n) is 18.5. The van der Waals surface area contributed by atoms with Crippen molar-refractivity contribution < 1.29 is 14.0 Å². The minimum absolute atomic E-state index is 0.110. The van der Waals surface area contributed by atoms with Gasteiger partial charge in [0.15, 0.2) is 11.6 Å². The summed E-state index contributed by atoms with van der Waals surface area (Å²) >= 11 is 1.58. The molecule has 1 aromatic heterocycles. The molecule has 1 aromatic carbocycles. The molecule has 1 fully saturated rings. The first-order chi connectivity index (χ1) is 15.3. The zero-order valence-corrected chi connectivity index (χ0v) is 19.4. The topological polar surface area (TPSA) is 46.2 Å². The molecule has 32 heavy (non-hydrogen) atoms. The van der Waals surface area contributed by atoms with Crippen LogP contribution in [0.2, 0.25) is 0 Å². The van der Waals surface area contributed by atoms with E-state index < -0.39 is 0 Å². The SMILES string of the molecule is CC1(C)CC(=O)C2=C(C1)NC(C1CCCC1)=C(C(=O)c1ccc(F)cc1)C2c1ccsc1. The molecule has 2 aliphatic carbocycles. The summed E-state index contributed by atoms with van der Waals surface area (Å²) in [5.74, 6) is -0.439. The van der Waals surface area contributed by atoms with Crippen molar-refractivity contribution in [1.29, 1.82) is 0 Å². The Morgan fingerprint density at radius 1 is 1.09 bits per heavy atom. The number of ketones is 2. The number of rotatable bonds is 4. The van der Waals surface area contributed by atoms with E-state index in [2.05, 4.69) is 24.5 Å². The molecular weight excluding hydrogens is 421 g/mol. The zero-order chi connectivity index (χ0) is 22.5. The van der Waals surface area contributed by atoms with Crippen molar-refractivity contribution in [1.82, 2.24) is 5.32 Å². The number of hydrogen-bond donors (Lipinski definition) is 1.